The van der Waals surface area contributed by atoms with Crippen LogP contribution in [0.5, 0.6) is 5.75 Å². The maximum atomic E-state index is 11.1. The van der Waals surface area contributed by atoms with Crippen LogP contribution in [-0.2, 0) is 4.79 Å². The summed E-state index contributed by atoms with van der Waals surface area (Å²) in [6.07, 6.45) is 0. The number of aliphatic carboxylic acids is 1. The molecular weight excluding hydrogens is 216 g/mol. The molecule has 2 rings (SSSR count). The summed E-state index contributed by atoms with van der Waals surface area (Å²) in [5, 5.41) is 9.17. The van der Waals surface area contributed by atoms with E-state index in [4.69, 9.17) is 9.84 Å². The summed E-state index contributed by atoms with van der Waals surface area (Å²) < 4.78 is 5.21. The van der Waals surface area contributed by atoms with E-state index in [1.165, 1.54) is 0 Å². The minimum absolute atomic E-state index is 0.115. The van der Waals surface area contributed by atoms with Crippen molar-refractivity contribution in [2.75, 3.05) is 7.11 Å². The van der Waals surface area contributed by atoms with Crippen LogP contribution in [0.2, 0.25) is 0 Å². The Morgan fingerprint density at radius 3 is 2.47 bits per heavy atom. The second kappa shape index (κ2) is 3.76. The van der Waals surface area contributed by atoms with Gasteiger partial charge in [0.05, 0.1) is 13.0 Å². The van der Waals surface area contributed by atoms with Crippen molar-refractivity contribution in [3.8, 4) is 5.75 Å². The van der Waals surface area contributed by atoms with Gasteiger partial charge in [-0.1, -0.05) is 26.0 Å². The zero-order valence-corrected chi connectivity index (χ0v) is 10.7. The van der Waals surface area contributed by atoms with Crippen molar-refractivity contribution in [3.63, 3.8) is 0 Å². The molecule has 1 saturated carbocycles. The molecule has 1 aromatic rings. The van der Waals surface area contributed by atoms with E-state index >= 15 is 0 Å². The molecule has 0 aromatic heterocycles. The van der Waals surface area contributed by atoms with Crippen molar-refractivity contribution >= 4 is 5.97 Å². The van der Waals surface area contributed by atoms with Crippen molar-refractivity contribution in [1.82, 2.24) is 0 Å². The van der Waals surface area contributed by atoms with Crippen LogP contribution in [0.4, 0.5) is 0 Å². The molecule has 2 atom stereocenters. The summed E-state index contributed by atoms with van der Waals surface area (Å²) in [4.78, 5) is 11.1. The lowest BCUT2D eigenvalue weighted by molar-refractivity contribution is -0.139. The van der Waals surface area contributed by atoms with Crippen LogP contribution < -0.4 is 4.74 Å². The van der Waals surface area contributed by atoms with Gasteiger partial charge in [-0.2, -0.15) is 0 Å². The highest BCUT2D eigenvalue weighted by Gasteiger charge is 2.62. The van der Waals surface area contributed by atoms with Gasteiger partial charge in [-0.3, -0.25) is 4.79 Å². The minimum atomic E-state index is -0.700. The largest absolute Gasteiger partial charge is 0.496 e. The second-order valence-electron chi connectivity index (χ2n) is 5.34. The molecule has 1 aliphatic rings. The van der Waals surface area contributed by atoms with E-state index in [0.29, 0.717) is 0 Å². The summed E-state index contributed by atoms with van der Waals surface area (Å²) >= 11 is 0. The van der Waals surface area contributed by atoms with E-state index in [2.05, 4.69) is 0 Å². The van der Waals surface area contributed by atoms with Crippen molar-refractivity contribution in [2.24, 2.45) is 11.3 Å². The highest BCUT2D eigenvalue weighted by atomic mass is 16.5. The number of carboxylic acid groups (broad SMARTS) is 1. The van der Waals surface area contributed by atoms with Crippen LogP contribution in [0.25, 0.3) is 0 Å². The lowest BCUT2D eigenvalue weighted by atomic mass is 10.0. The zero-order valence-electron chi connectivity index (χ0n) is 10.7. The standard InChI is InChI=1S/C14H18O3/c1-8-7-9(5-6-10(8)17-4)11-12(13(15)16)14(11,2)3/h5-7,11-12H,1-4H3,(H,15,16)/t11-,12+/m1/s1. The summed E-state index contributed by atoms with van der Waals surface area (Å²) in [6, 6.07) is 5.92. The highest BCUT2D eigenvalue weighted by Crippen LogP contribution is 2.64. The third-order valence-corrected chi connectivity index (χ3v) is 3.87. The summed E-state index contributed by atoms with van der Waals surface area (Å²) in [5.74, 6) is -0.00699. The minimum Gasteiger partial charge on any atom is -0.496 e. The van der Waals surface area contributed by atoms with Crippen molar-refractivity contribution < 1.29 is 14.6 Å². The number of aryl methyl sites for hydroxylation is 1. The van der Waals surface area contributed by atoms with Crippen LogP contribution in [0.15, 0.2) is 18.2 Å². The molecule has 0 radical (unpaired) electrons. The molecule has 3 nitrogen and oxygen atoms in total. The Labute approximate surface area is 101 Å². The molecule has 1 aromatic carbocycles. The normalized spacial score (nSPS) is 25.4. The summed E-state index contributed by atoms with van der Waals surface area (Å²) in [7, 11) is 1.64. The van der Waals surface area contributed by atoms with Gasteiger partial charge in [0.2, 0.25) is 0 Å². The Kier molecular flexibility index (Phi) is 2.64. The number of carbonyl (C=O) groups is 1. The third-order valence-electron chi connectivity index (χ3n) is 3.87. The van der Waals surface area contributed by atoms with Crippen LogP contribution in [0.3, 0.4) is 0 Å². The lowest BCUT2D eigenvalue weighted by Crippen LogP contribution is -2.03. The van der Waals surface area contributed by atoms with Crippen LogP contribution in [0, 0.1) is 18.3 Å². The average Bonchev–Trinajstić information content (AvgIpc) is 2.81. The number of rotatable bonds is 3. The highest BCUT2D eigenvalue weighted by molar-refractivity contribution is 5.77. The van der Waals surface area contributed by atoms with Gasteiger partial charge in [-0.15, -0.1) is 0 Å². The van der Waals surface area contributed by atoms with Gasteiger partial charge in [0.1, 0.15) is 5.75 Å². The molecule has 0 aliphatic heterocycles. The Bertz CT molecular complexity index is 463. The van der Waals surface area contributed by atoms with Crippen LogP contribution in [-0.4, -0.2) is 18.2 Å². The van der Waals surface area contributed by atoms with E-state index < -0.39 is 5.97 Å². The van der Waals surface area contributed by atoms with E-state index in [1.807, 2.05) is 39.0 Å². The summed E-state index contributed by atoms with van der Waals surface area (Å²) in [5.41, 5.74) is 2.00. The van der Waals surface area contributed by atoms with Gasteiger partial charge in [0.25, 0.3) is 0 Å². The molecule has 1 aliphatic carbocycles. The number of methoxy groups -OCH3 is 1. The summed E-state index contributed by atoms with van der Waals surface area (Å²) in [6.45, 7) is 6.00. The monoisotopic (exact) mass is 234 g/mol. The first-order valence-corrected chi connectivity index (χ1v) is 5.77. The van der Waals surface area contributed by atoms with E-state index in [-0.39, 0.29) is 17.3 Å². The smallest absolute Gasteiger partial charge is 0.307 e. The topological polar surface area (TPSA) is 46.5 Å². The van der Waals surface area contributed by atoms with Crippen molar-refractivity contribution in [2.45, 2.75) is 26.7 Å². The first-order chi connectivity index (χ1) is 7.89. The van der Waals surface area contributed by atoms with Gasteiger partial charge in [0, 0.05) is 5.92 Å². The predicted octanol–water partition coefficient (Wildman–Crippen LogP) is 2.83. The second-order valence-corrected chi connectivity index (χ2v) is 5.34. The molecule has 0 heterocycles. The van der Waals surface area contributed by atoms with E-state index in [9.17, 15) is 4.79 Å². The maximum Gasteiger partial charge on any atom is 0.307 e. The third kappa shape index (κ3) is 1.79. The molecule has 1 fully saturated rings. The van der Waals surface area contributed by atoms with Gasteiger partial charge in [-0.05, 0) is 29.5 Å². The molecule has 0 amide bonds. The number of hydrogen-bond acceptors (Lipinski definition) is 2. The predicted molar refractivity (Wildman–Crippen MR) is 65.4 cm³/mol. The Morgan fingerprint density at radius 2 is 2.06 bits per heavy atom. The molecule has 17 heavy (non-hydrogen) atoms. The lowest BCUT2D eigenvalue weighted by Gasteiger charge is -2.08. The van der Waals surface area contributed by atoms with Crippen LogP contribution >= 0.6 is 0 Å². The fourth-order valence-electron chi connectivity index (χ4n) is 2.82. The van der Waals surface area contributed by atoms with Crippen molar-refractivity contribution in [3.05, 3.63) is 29.3 Å². The Balaban J connectivity index is 2.31. The fraction of sp³-hybridized carbons (Fsp3) is 0.500. The van der Waals surface area contributed by atoms with Crippen molar-refractivity contribution in [1.29, 1.82) is 0 Å². The Morgan fingerprint density at radius 1 is 1.41 bits per heavy atom. The molecule has 1 N–H and O–H groups in total. The first kappa shape index (κ1) is 12.0. The van der Waals surface area contributed by atoms with Gasteiger partial charge in [0.15, 0.2) is 0 Å². The zero-order chi connectivity index (χ0) is 12.8. The quantitative estimate of drug-likeness (QED) is 0.874. The molecule has 0 saturated heterocycles. The Hall–Kier alpha value is -1.51. The maximum absolute atomic E-state index is 11.1. The molecule has 3 heteroatoms. The number of benzene rings is 1. The van der Waals surface area contributed by atoms with E-state index in [0.717, 1.165) is 16.9 Å². The molecule has 92 valence electrons. The van der Waals surface area contributed by atoms with Gasteiger partial charge < -0.3 is 9.84 Å². The number of ether oxygens (including phenoxy) is 1. The molecule has 0 unspecified atom stereocenters. The average molecular weight is 234 g/mol. The number of carboxylic acids is 1. The number of hydrogen-bond donors (Lipinski definition) is 1. The molecule has 0 spiro atoms. The van der Waals surface area contributed by atoms with Crippen LogP contribution in [0.1, 0.15) is 30.9 Å². The van der Waals surface area contributed by atoms with Gasteiger partial charge >= 0.3 is 5.97 Å². The molecular formula is C14H18O3. The van der Waals surface area contributed by atoms with E-state index in [1.54, 1.807) is 7.11 Å². The van der Waals surface area contributed by atoms with Gasteiger partial charge in [-0.25, -0.2) is 0 Å². The first-order valence-electron chi connectivity index (χ1n) is 5.77. The SMILES string of the molecule is COc1ccc([C@@H]2[C@@H](C(=O)O)C2(C)C)cc1C. The fourth-order valence-corrected chi connectivity index (χ4v) is 2.82. The molecule has 0 bridgehead atoms.